The van der Waals surface area contributed by atoms with Crippen LogP contribution in [-0.4, -0.2) is 26.3 Å². The molecule has 2 nitrogen and oxygen atoms in total. The topological polar surface area (TPSA) is 21.3 Å². The highest BCUT2D eigenvalue weighted by molar-refractivity contribution is 4.93. The lowest BCUT2D eigenvalue weighted by atomic mass is 10.1. The van der Waals surface area contributed by atoms with Gasteiger partial charge in [0.15, 0.2) is 0 Å². The Morgan fingerprint density at radius 1 is 0.375 bits per heavy atom. The minimum atomic E-state index is 0.864. The molecule has 2 heteroatoms. The van der Waals surface area contributed by atoms with E-state index in [1.54, 1.807) is 0 Å². The average molecular weight is 558 g/mol. The second-order valence-electron chi connectivity index (χ2n) is 11.5. The molecule has 234 valence electrons. The van der Waals surface area contributed by atoms with Crippen molar-refractivity contribution in [3.8, 4) is 0 Å². The molecule has 0 unspecified atom stereocenters. The summed E-state index contributed by atoms with van der Waals surface area (Å²) in [7, 11) is 0. The van der Waals surface area contributed by atoms with Gasteiger partial charge < -0.3 is 10.1 Å². The molecule has 0 aliphatic carbocycles. The summed E-state index contributed by atoms with van der Waals surface area (Å²) < 4.78 is 5.80. The van der Waals surface area contributed by atoms with E-state index in [1.165, 1.54) is 141 Å². The molecular weight excluding hydrogens is 486 g/mol. The number of ether oxygens (including phenoxy) is 1. The lowest BCUT2D eigenvalue weighted by molar-refractivity contribution is 0.131. The molecule has 0 spiro atoms. The zero-order chi connectivity index (χ0) is 28.9. The first kappa shape index (κ1) is 38.9. The van der Waals surface area contributed by atoms with Crippen molar-refractivity contribution in [3.63, 3.8) is 0 Å². The summed E-state index contributed by atoms with van der Waals surface area (Å²) in [6.45, 7) is 8.47. The molecule has 0 saturated carbocycles. The zero-order valence-electron chi connectivity index (χ0n) is 27.3. The fraction of sp³-hybridized carbons (Fsp3) is 0.789. The van der Waals surface area contributed by atoms with E-state index in [1.807, 2.05) is 0 Å². The van der Waals surface area contributed by atoms with Gasteiger partial charge in [0.1, 0.15) is 0 Å². The summed E-state index contributed by atoms with van der Waals surface area (Å²) in [6, 6.07) is 0. The first-order chi connectivity index (χ1) is 19.9. The van der Waals surface area contributed by atoms with Crippen molar-refractivity contribution >= 4 is 0 Å². The van der Waals surface area contributed by atoms with E-state index in [0.717, 1.165) is 39.1 Å². The summed E-state index contributed by atoms with van der Waals surface area (Å²) in [5.74, 6) is 0. The third-order valence-electron chi connectivity index (χ3n) is 7.47. The summed E-state index contributed by atoms with van der Waals surface area (Å²) in [4.78, 5) is 0. The van der Waals surface area contributed by atoms with Crippen molar-refractivity contribution in [3.05, 3.63) is 48.6 Å². The van der Waals surface area contributed by atoms with Gasteiger partial charge in [-0.05, 0) is 83.6 Å². The fourth-order valence-electron chi connectivity index (χ4n) is 4.80. The minimum absolute atomic E-state index is 0.864. The number of hydrogen-bond acceptors (Lipinski definition) is 2. The van der Waals surface area contributed by atoms with E-state index >= 15 is 0 Å². The maximum absolute atomic E-state index is 5.80. The van der Waals surface area contributed by atoms with Crippen LogP contribution in [0.15, 0.2) is 48.6 Å². The van der Waals surface area contributed by atoms with Gasteiger partial charge in [-0.3, -0.25) is 0 Å². The first-order valence-electron chi connectivity index (χ1n) is 17.8. The molecule has 0 fully saturated rings. The summed E-state index contributed by atoms with van der Waals surface area (Å²) in [5.41, 5.74) is 0. The van der Waals surface area contributed by atoms with Crippen molar-refractivity contribution in [1.82, 2.24) is 5.32 Å². The maximum Gasteiger partial charge on any atom is 0.0590 e. The average Bonchev–Trinajstić information content (AvgIpc) is 2.97. The van der Waals surface area contributed by atoms with Crippen molar-refractivity contribution in [2.75, 3.05) is 26.3 Å². The van der Waals surface area contributed by atoms with Gasteiger partial charge in [-0.25, -0.2) is 0 Å². The third-order valence-corrected chi connectivity index (χ3v) is 7.47. The predicted octanol–water partition coefficient (Wildman–Crippen LogP) is 12.2. The van der Waals surface area contributed by atoms with E-state index < -0.39 is 0 Å². The Bertz CT molecular complexity index is 512. The Balaban J connectivity index is 3.14. The highest BCUT2D eigenvalue weighted by atomic mass is 16.5. The summed E-state index contributed by atoms with van der Waals surface area (Å²) in [6.07, 6.45) is 50.2. The van der Waals surface area contributed by atoms with Gasteiger partial charge in [-0.2, -0.15) is 0 Å². The Morgan fingerprint density at radius 2 is 0.775 bits per heavy atom. The van der Waals surface area contributed by atoms with Crippen molar-refractivity contribution < 1.29 is 4.74 Å². The molecule has 0 amide bonds. The first-order valence-corrected chi connectivity index (χ1v) is 17.8. The minimum Gasteiger partial charge on any atom is -0.380 e. The molecular formula is C38H71NO. The van der Waals surface area contributed by atoms with Gasteiger partial charge in [-0.1, -0.05) is 140 Å². The molecule has 0 aliphatic rings. The summed E-state index contributed by atoms with van der Waals surface area (Å²) in [5, 5.41) is 3.54. The van der Waals surface area contributed by atoms with E-state index in [2.05, 4.69) is 67.8 Å². The second-order valence-corrected chi connectivity index (χ2v) is 11.5. The van der Waals surface area contributed by atoms with E-state index in [9.17, 15) is 0 Å². The number of hydrogen-bond donors (Lipinski definition) is 1. The Kier molecular flexibility index (Phi) is 36.8. The van der Waals surface area contributed by atoms with Crippen LogP contribution in [-0.2, 0) is 4.74 Å². The standard InChI is InChI=1S/C38H71NO/c1-3-5-7-9-11-13-15-17-19-21-23-25-27-29-31-33-35-39-36-38-40-37-34-32-30-28-26-24-22-20-18-16-14-12-10-8-6-4-2/h11-14,17-20,39H,3-10,15-16,21-38H2,1-2H3. The third kappa shape index (κ3) is 36.9. The van der Waals surface area contributed by atoms with E-state index in [4.69, 9.17) is 4.74 Å². The molecule has 0 rings (SSSR count). The largest absolute Gasteiger partial charge is 0.380 e. The molecule has 0 aromatic heterocycles. The Labute approximate surface area is 252 Å². The molecule has 0 bridgehead atoms. The molecule has 0 aromatic rings. The number of rotatable bonds is 33. The van der Waals surface area contributed by atoms with Crippen LogP contribution in [0.1, 0.15) is 168 Å². The van der Waals surface area contributed by atoms with E-state index in [-0.39, 0.29) is 0 Å². The lowest BCUT2D eigenvalue weighted by Crippen LogP contribution is -2.21. The van der Waals surface area contributed by atoms with Crippen LogP contribution in [0.3, 0.4) is 0 Å². The van der Waals surface area contributed by atoms with Gasteiger partial charge in [0.25, 0.3) is 0 Å². The van der Waals surface area contributed by atoms with Crippen molar-refractivity contribution in [2.24, 2.45) is 0 Å². The van der Waals surface area contributed by atoms with Gasteiger partial charge in [0.05, 0.1) is 6.61 Å². The molecule has 0 radical (unpaired) electrons. The Hall–Kier alpha value is -1.12. The van der Waals surface area contributed by atoms with Crippen LogP contribution in [0.2, 0.25) is 0 Å². The molecule has 0 atom stereocenters. The van der Waals surface area contributed by atoms with Gasteiger partial charge in [-0.15, -0.1) is 0 Å². The highest BCUT2D eigenvalue weighted by Gasteiger charge is 1.94. The van der Waals surface area contributed by atoms with Crippen LogP contribution in [0.25, 0.3) is 0 Å². The van der Waals surface area contributed by atoms with Crippen LogP contribution in [0.4, 0.5) is 0 Å². The quantitative estimate of drug-likeness (QED) is 0.0640. The fourth-order valence-corrected chi connectivity index (χ4v) is 4.80. The molecule has 0 heterocycles. The Morgan fingerprint density at radius 3 is 1.25 bits per heavy atom. The monoisotopic (exact) mass is 558 g/mol. The van der Waals surface area contributed by atoms with Crippen LogP contribution in [0, 0.1) is 0 Å². The van der Waals surface area contributed by atoms with Crippen molar-refractivity contribution in [1.29, 1.82) is 0 Å². The lowest BCUT2D eigenvalue weighted by Gasteiger charge is -2.06. The summed E-state index contributed by atoms with van der Waals surface area (Å²) >= 11 is 0. The highest BCUT2D eigenvalue weighted by Crippen LogP contribution is 2.09. The zero-order valence-corrected chi connectivity index (χ0v) is 27.3. The normalized spacial score (nSPS) is 12.3. The number of allylic oxidation sites excluding steroid dienone is 8. The molecule has 0 aliphatic heterocycles. The molecule has 40 heavy (non-hydrogen) atoms. The van der Waals surface area contributed by atoms with Crippen LogP contribution in [0.5, 0.6) is 0 Å². The van der Waals surface area contributed by atoms with Crippen LogP contribution >= 0.6 is 0 Å². The number of nitrogens with one attached hydrogen (secondary N) is 1. The molecule has 1 N–H and O–H groups in total. The SMILES string of the molecule is CCCCCC=CCC=CCCCCCCCCNCCOCCCCCCCCC=CCC=CCCCCC. The second kappa shape index (κ2) is 37.9. The molecule has 0 aromatic carbocycles. The smallest absolute Gasteiger partial charge is 0.0590 e. The van der Waals surface area contributed by atoms with Gasteiger partial charge in [0.2, 0.25) is 0 Å². The number of unbranched alkanes of at least 4 members (excludes halogenated alkanes) is 18. The molecule has 0 saturated heterocycles. The van der Waals surface area contributed by atoms with Gasteiger partial charge in [0, 0.05) is 13.2 Å². The maximum atomic E-state index is 5.80. The predicted molar refractivity (Wildman–Crippen MR) is 182 cm³/mol. The van der Waals surface area contributed by atoms with E-state index in [0.29, 0.717) is 0 Å². The van der Waals surface area contributed by atoms with Gasteiger partial charge >= 0.3 is 0 Å². The van der Waals surface area contributed by atoms with Crippen LogP contribution < -0.4 is 5.32 Å². The van der Waals surface area contributed by atoms with Crippen molar-refractivity contribution in [2.45, 2.75) is 168 Å².